The summed E-state index contributed by atoms with van der Waals surface area (Å²) in [5.41, 5.74) is 2.45. The van der Waals surface area contributed by atoms with Crippen LogP contribution in [0.25, 0.3) is 0 Å². The van der Waals surface area contributed by atoms with Gasteiger partial charge in [0.15, 0.2) is 5.96 Å². The molecular weight excluding hydrogens is 276 g/mol. The number of hydrogen-bond donors (Lipinski definition) is 3. The van der Waals surface area contributed by atoms with E-state index in [1.165, 1.54) is 5.69 Å². The molecule has 126 valence electrons. The predicted molar refractivity (Wildman–Crippen MR) is 93.4 cm³/mol. The predicted octanol–water partition coefficient (Wildman–Crippen LogP) is 1.44. The van der Waals surface area contributed by atoms with E-state index >= 15 is 0 Å². The molecule has 0 spiro atoms. The van der Waals surface area contributed by atoms with Gasteiger partial charge in [-0.1, -0.05) is 0 Å². The Labute approximate surface area is 134 Å². The number of aromatic nitrogens is 2. The molecule has 0 saturated carbocycles. The van der Waals surface area contributed by atoms with Crippen LogP contribution >= 0.6 is 0 Å². The number of aryl methyl sites for hydroxylation is 3. The fourth-order valence-corrected chi connectivity index (χ4v) is 2.18. The van der Waals surface area contributed by atoms with Crippen LogP contribution < -0.4 is 16.0 Å². The molecule has 3 N–H and O–H groups in total. The van der Waals surface area contributed by atoms with Gasteiger partial charge in [-0.25, -0.2) is 0 Å². The molecule has 0 aromatic carbocycles. The second kappa shape index (κ2) is 8.78. The lowest BCUT2D eigenvalue weighted by molar-refractivity contribution is 0.428. The maximum atomic E-state index is 4.47. The zero-order valence-electron chi connectivity index (χ0n) is 15.0. The molecule has 0 aliphatic rings. The highest BCUT2D eigenvalue weighted by molar-refractivity contribution is 5.79. The summed E-state index contributed by atoms with van der Waals surface area (Å²) in [6, 6.07) is 2.11. The third kappa shape index (κ3) is 7.45. The Morgan fingerprint density at radius 3 is 2.41 bits per heavy atom. The number of guanidine groups is 1. The molecular formula is C16H32N6. The van der Waals surface area contributed by atoms with E-state index in [0.29, 0.717) is 0 Å². The van der Waals surface area contributed by atoms with Crippen LogP contribution in [0.4, 0.5) is 0 Å². The highest BCUT2D eigenvalue weighted by Crippen LogP contribution is 2.02. The molecule has 0 unspecified atom stereocenters. The van der Waals surface area contributed by atoms with Gasteiger partial charge in [0.25, 0.3) is 0 Å². The smallest absolute Gasteiger partial charge is 0.191 e. The molecule has 0 amide bonds. The summed E-state index contributed by atoms with van der Waals surface area (Å²) >= 11 is 0. The Morgan fingerprint density at radius 2 is 1.86 bits per heavy atom. The normalized spacial score (nSPS) is 12.5. The van der Waals surface area contributed by atoms with Crippen molar-refractivity contribution in [1.82, 2.24) is 25.7 Å². The van der Waals surface area contributed by atoms with Gasteiger partial charge in [-0.3, -0.25) is 9.67 Å². The first kappa shape index (κ1) is 18.5. The Balaban J connectivity index is 2.18. The van der Waals surface area contributed by atoms with Gasteiger partial charge in [0, 0.05) is 44.5 Å². The SMILES string of the molecule is CN=C(NCCCn1nc(C)cc1C)NCCNC(C)(C)C. The van der Waals surface area contributed by atoms with Crippen molar-refractivity contribution in [2.24, 2.45) is 4.99 Å². The van der Waals surface area contributed by atoms with Crippen molar-refractivity contribution in [3.05, 3.63) is 17.5 Å². The number of nitrogens with zero attached hydrogens (tertiary/aromatic N) is 3. The van der Waals surface area contributed by atoms with Crippen LogP contribution in [0.1, 0.15) is 38.6 Å². The molecule has 0 atom stereocenters. The topological polar surface area (TPSA) is 66.3 Å². The Morgan fingerprint density at radius 1 is 1.18 bits per heavy atom. The fourth-order valence-electron chi connectivity index (χ4n) is 2.18. The van der Waals surface area contributed by atoms with E-state index in [1.807, 2.05) is 6.92 Å². The zero-order valence-corrected chi connectivity index (χ0v) is 15.0. The number of rotatable bonds is 7. The van der Waals surface area contributed by atoms with E-state index in [4.69, 9.17) is 0 Å². The van der Waals surface area contributed by atoms with Crippen LogP contribution in [0.15, 0.2) is 11.1 Å². The number of hydrogen-bond acceptors (Lipinski definition) is 3. The second-order valence-corrected chi connectivity index (χ2v) is 6.61. The third-order valence-corrected chi connectivity index (χ3v) is 3.24. The quantitative estimate of drug-likeness (QED) is 0.405. The lowest BCUT2D eigenvalue weighted by atomic mass is 10.1. The van der Waals surface area contributed by atoms with E-state index < -0.39 is 0 Å². The molecule has 1 heterocycles. The Bertz CT molecular complexity index is 469. The molecule has 0 bridgehead atoms. The molecule has 22 heavy (non-hydrogen) atoms. The molecule has 6 heteroatoms. The van der Waals surface area contributed by atoms with Crippen LogP contribution in [0.2, 0.25) is 0 Å². The molecule has 6 nitrogen and oxygen atoms in total. The van der Waals surface area contributed by atoms with E-state index in [2.05, 4.69) is 64.5 Å². The van der Waals surface area contributed by atoms with Crippen LogP contribution in [-0.4, -0.2) is 48.0 Å². The van der Waals surface area contributed by atoms with E-state index in [0.717, 1.165) is 44.3 Å². The lowest BCUT2D eigenvalue weighted by Gasteiger charge is -2.21. The van der Waals surface area contributed by atoms with Crippen LogP contribution in [0.3, 0.4) is 0 Å². The van der Waals surface area contributed by atoms with Crippen molar-refractivity contribution in [2.45, 2.75) is 53.1 Å². The minimum Gasteiger partial charge on any atom is -0.356 e. The lowest BCUT2D eigenvalue weighted by Crippen LogP contribution is -2.44. The van der Waals surface area contributed by atoms with Crippen molar-refractivity contribution in [1.29, 1.82) is 0 Å². The molecule has 0 saturated heterocycles. The molecule has 0 aliphatic heterocycles. The third-order valence-electron chi connectivity index (χ3n) is 3.24. The highest BCUT2D eigenvalue weighted by Gasteiger charge is 2.07. The van der Waals surface area contributed by atoms with E-state index in [9.17, 15) is 0 Å². The minimum atomic E-state index is 0.151. The number of nitrogens with one attached hydrogen (secondary N) is 3. The molecule has 1 aromatic heterocycles. The summed E-state index contributed by atoms with van der Waals surface area (Å²) in [4.78, 5) is 4.23. The van der Waals surface area contributed by atoms with E-state index in [-0.39, 0.29) is 5.54 Å². The van der Waals surface area contributed by atoms with Crippen molar-refractivity contribution in [3.8, 4) is 0 Å². The first-order valence-electron chi connectivity index (χ1n) is 8.02. The monoisotopic (exact) mass is 308 g/mol. The Hall–Kier alpha value is -1.56. The summed E-state index contributed by atoms with van der Waals surface area (Å²) in [6.45, 7) is 14.2. The van der Waals surface area contributed by atoms with Crippen molar-refractivity contribution >= 4 is 5.96 Å². The van der Waals surface area contributed by atoms with Crippen molar-refractivity contribution in [3.63, 3.8) is 0 Å². The average Bonchev–Trinajstić information content (AvgIpc) is 2.74. The summed E-state index contributed by atoms with van der Waals surface area (Å²) in [6.07, 6.45) is 1.02. The maximum Gasteiger partial charge on any atom is 0.191 e. The number of aliphatic imine (C=N–C) groups is 1. The first-order chi connectivity index (χ1) is 10.3. The van der Waals surface area contributed by atoms with Crippen LogP contribution in [0.5, 0.6) is 0 Å². The van der Waals surface area contributed by atoms with Gasteiger partial charge in [0.2, 0.25) is 0 Å². The van der Waals surface area contributed by atoms with E-state index in [1.54, 1.807) is 7.05 Å². The standard InChI is InChI=1S/C16H32N6/c1-13-12-14(2)22(21-13)11-7-8-18-15(17-6)19-9-10-20-16(3,4)5/h12,20H,7-11H2,1-6H3,(H2,17,18,19). The summed E-state index contributed by atoms with van der Waals surface area (Å²) in [5.74, 6) is 0.851. The van der Waals surface area contributed by atoms with Crippen molar-refractivity contribution < 1.29 is 0 Å². The summed E-state index contributed by atoms with van der Waals surface area (Å²) in [5, 5.41) is 14.6. The fraction of sp³-hybridized carbons (Fsp3) is 0.750. The average molecular weight is 308 g/mol. The van der Waals surface area contributed by atoms with Gasteiger partial charge in [-0.15, -0.1) is 0 Å². The summed E-state index contributed by atoms with van der Waals surface area (Å²) < 4.78 is 2.06. The molecule has 1 aromatic rings. The largest absolute Gasteiger partial charge is 0.356 e. The van der Waals surface area contributed by atoms with Crippen molar-refractivity contribution in [2.75, 3.05) is 26.7 Å². The maximum absolute atomic E-state index is 4.47. The van der Waals surface area contributed by atoms with Crippen LogP contribution in [-0.2, 0) is 6.54 Å². The van der Waals surface area contributed by atoms with Gasteiger partial charge >= 0.3 is 0 Å². The molecule has 0 fully saturated rings. The van der Waals surface area contributed by atoms with Crippen LogP contribution in [0, 0.1) is 13.8 Å². The highest BCUT2D eigenvalue weighted by atomic mass is 15.3. The molecule has 1 rings (SSSR count). The van der Waals surface area contributed by atoms with Gasteiger partial charge in [-0.05, 0) is 47.1 Å². The van der Waals surface area contributed by atoms with Gasteiger partial charge in [0.1, 0.15) is 0 Å². The minimum absolute atomic E-state index is 0.151. The second-order valence-electron chi connectivity index (χ2n) is 6.61. The molecule has 0 radical (unpaired) electrons. The zero-order chi connectivity index (χ0) is 16.6. The Kier molecular flexibility index (Phi) is 7.38. The van der Waals surface area contributed by atoms with Gasteiger partial charge < -0.3 is 16.0 Å². The summed E-state index contributed by atoms with van der Waals surface area (Å²) in [7, 11) is 1.80. The molecule has 0 aliphatic carbocycles. The first-order valence-corrected chi connectivity index (χ1v) is 8.02. The van der Waals surface area contributed by atoms with Gasteiger partial charge in [-0.2, -0.15) is 5.10 Å². The van der Waals surface area contributed by atoms with Gasteiger partial charge in [0.05, 0.1) is 5.69 Å².